The van der Waals surface area contributed by atoms with E-state index in [-0.39, 0.29) is 16.8 Å². The van der Waals surface area contributed by atoms with E-state index in [1.165, 1.54) is 0 Å². The second kappa shape index (κ2) is 6.60. The summed E-state index contributed by atoms with van der Waals surface area (Å²) in [6.45, 7) is 1.71. The molecule has 1 aromatic carbocycles. The predicted octanol–water partition coefficient (Wildman–Crippen LogP) is 3.76. The Labute approximate surface area is 152 Å². The third-order valence-electron chi connectivity index (χ3n) is 4.60. The van der Waals surface area contributed by atoms with E-state index in [2.05, 4.69) is 15.0 Å². The van der Waals surface area contributed by atoms with Gasteiger partial charge in [-0.05, 0) is 19.8 Å². The highest BCUT2D eigenvalue weighted by Crippen LogP contribution is 2.33. The van der Waals surface area contributed by atoms with E-state index in [0.29, 0.717) is 11.5 Å². The average Bonchev–Trinajstić information content (AvgIpc) is 3.35. The topological polar surface area (TPSA) is 90.0 Å². The molecule has 0 atom stereocenters. The van der Waals surface area contributed by atoms with Crippen molar-refractivity contribution in [3.05, 3.63) is 48.4 Å². The van der Waals surface area contributed by atoms with E-state index in [0.717, 1.165) is 31.2 Å². The number of anilines is 1. The van der Waals surface area contributed by atoms with E-state index in [1.807, 2.05) is 30.3 Å². The lowest BCUT2D eigenvalue weighted by Gasteiger charge is -2.08. The maximum Gasteiger partial charge on any atom is 0.266 e. The van der Waals surface area contributed by atoms with Crippen LogP contribution < -0.4 is 4.72 Å². The molecule has 3 aromatic rings. The highest BCUT2D eigenvalue weighted by molar-refractivity contribution is 7.92. The Kier molecular flexibility index (Phi) is 4.28. The average molecular weight is 372 g/mol. The maximum atomic E-state index is 13.0. The first-order valence-electron chi connectivity index (χ1n) is 8.64. The molecule has 1 saturated carbocycles. The van der Waals surface area contributed by atoms with Gasteiger partial charge < -0.3 is 4.52 Å². The van der Waals surface area contributed by atoms with Crippen molar-refractivity contribution in [3.63, 3.8) is 0 Å². The van der Waals surface area contributed by atoms with E-state index in [1.54, 1.807) is 23.9 Å². The van der Waals surface area contributed by atoms with Crippen LogP contribution in [0, 0.1) is 6.92 Å². The first-order chi connectivity index (χ1) is 12.5. The van der Waals surface area contributed by atoms with Crippen LogP contribution in [-0.2, 0) is 10.0 Å². The van der Waals surface area contributed by atoms with E-state index in [9.17, 15) is 8.42 Å². The normalized spacial score (nSPS) is 15.4. The van der Waals surface area contributed by atoms with Crippen molar-refractivity contribution in [1.82, 2.24) is 14.9 Å². The van der Waals surface area contributed by atoms with Gasteiger partial charge in [0, 0.05) is 17.8 Å². The Morgan fingerprint density at radius 3 is 2.58 bits per heavy atom. The molecular formula is C18H20N4O3S. The van der Waals surface area contributed by atoms with Gasteiger partial charge in [0.05, 0.1) is 6.04 Å². The molecule has 1 aliphatic rings. The Morgan fingerprint density at radius 1 is 1.19 bits per heavy atom. The van der Waals surface area contributed by atoms with Crippen LogP contribution in [0.4, 0.5) is 5.82 Å². The molecule has 2 aromatic heterocycles. The van der Waals surface area contributed by atoms with Crippen molar-refractivity contribution in [3.8, 4) is 11.3 Å². The number of sulfonamides is 1. The largest absolute Gasteiger partial charge is 0.360 e. The highest BCUT2D eigenvalue weighted by Gasteiger charge is 2.27. The Balaban J connectivity index is 1.77. The Bertz CT molecular complexity index is 1000. The van der Waals surface area contributed by atoms with Gasteiger partial charge in [-0.25, -0.2) is 8.42 Å². The van der Waals surface area contributed by atoms with Crippen LogP contribution >= 0.6 is 0 Å². The zero-order valence-corrected chi connectivity index (χ0v) is 15.2. The molecular weight excluding hydrogens is 352 g/mol. The molecule has 0 saturated heterocycles. The summed E-state index contributed by atoms with van der Waals surface area (Å²) in [7, 11) is -3.84. The molecule has 0 unspecified atom stereocenters. The molecule has 0 amide bonds. The zero-order valence-electron chi connectivity index (χ0n) is 14.4. The summed E-state index contributed by atoms with van der Waals surface area (Å²) >= 11 is 0. The summed E-state index contributed by atoms with van der Waals surface area (Å²) in [6.07, 6.45) is 5.96. The molecule has 26 heavy (non-hydrogen) atoms. The van der Waals surface area contributed by atoms with Gasteiger partial charge in [-0.15, -0.1) is 0 Å². The van der Waals surface area contributed by atoms with Crippen LogP contribution in [0.1, 0.15) is 37.5 Å². The van der Waals surface area contributed by atoms with Gasteiger partial charge in [-0.2, -0.15) is 5.10 Å². The summed E-state index contributed by atoms with van der Waals surface area (Å²) in [5.41, 5.74) is 1.21. The molecule has 8 heteroatoms. The molecule has 1 fully saturated rings. The molecule has 1 N–H and O–H groups in total. The molecule has 2 heterocycles. The van der Waals surface area contributed by atoms with E-state index >= 15 is 0 Å². The summed E-state index contributed by atoms with van der Waals surface area (Å²) in [5, 5.41) is 8.35. The summed E-state index contributed by atoms with van der Waals surface area (Å²) in [4.78, 5) is 0.149. The molecule has 4 rings (SSSR count). The summed E-state index contributed by atoms with van der Waals surface area (Å²) in [6, 6.07) is 11.1. The molecule has 7 nitrogen and oxygen atoms in total. The number of nitrogens with zero attached hydrogens (tertiary/aromatic N) is 3. The minimum Gasteiger partial charge on any atom is -0.360 e. The number of hydrogen-bond acceptors (Lipinski definition) is 5. The van der Waals surface area contributed by atoms with Crippen molar-refractivity contribution in [2.24, 2.45) is 0 Å². The van der Waals surface area contributed by atoms with Crippen molar-refractivity contribution < 1.29 is 12.9 Å². The molecule has 136 valence electrons. The van der Waals surface area contributed by atoms with Gasteiger partial charge in [0.25, 0.3) is 10.0 Å². The third kappa shape index (κ3) is 3.24. The number of hydrogen-bond donors (Lipinski definition) is 1. The van der Waals surface area contributed by atoms with Gasteiger partial charge in [-0.3, -0.25) is 9.40 Å². The smallest absolute Gasteiger partial charge is 0.266 e. The minimum absolute atomic E-state index is 0.149. The molecule has 0 bridgehead atoms. The first kappa shape index (κ1) is 16.8. The van der Waals surface area contributed by atoms with Crippen LogP contribution in [0.25, 0.3) is 11.3 Å². The van der Waals surface area contributed by atoms with Crippen LogP contribution in [0.2, 0.25) is 0 Å². The van der Waals surface area contributed by atoms with Crippen molar-refractivity contribution in [2.75, 3.05) is 4.72 Å². The first-order valence-corrected chi connectivity index (χ1v) is 10.1. The van der Waals surface area contributed by atoms with Crippen LogP contribution in [-0.4, -0.2) is 23.4 Å². The van der Waals surface area contributed by atoms with Gasteiger partial charge in [0.2, 0.25) is 0 Å². The van der Waals surface area contributed by atoms with E-state index < -0.39 is 10.0 Å². The number of rotatable bonds is 5. The van der Waals surface area contributed by atoms with Gasteiger partial charge >= 0.3 is 0 Å². The predicted molar refractivity (Wildman–Crippen MR) is 97.2 cm³/mol. The third-order valence-corrected chi connectivity index (χ3v) is 5.96. The number of aromatic nitrogens is 3. The monoisotopic (exact) mass is 372 g/mol. The van der Waals surface area contributed by atoms with Crippen LogP contribution in [0.3, 0.4) is 0 Å². The Hall–Kier alpha value is -2.61. The fourth-order valence-corrected chi connectivity index (χ4v) is 4.47. The minimum atomic E-state index is -3.84. The zero-order chi connectivity index (χ0) is 18.1. The lowest BCUT2D eigenvalue weighted by molar-refractivity contribution is 0.400. The standard InChI is InChI=1S/C18H20N4O3S/c1-13-11-17(20-25-13)21-26(23,24)16-12-22(15-9-5-6-10-15)19-18(16)14-7-3-2-4-8-14/h2-4,7-8,11-12,15H,5-6,9-10H2,1H3,(H,20,21). The lowest BCUT2D eigenvalue weighted by Crippen LogP contribution is -2.13. The van der Waals surface area contributed by atoms with Crippen LogP contribution in [0.15, 0.2) is 52.0 Å². The molecule has 0 spiro atoms. The van der Waals surface area contributed by atoms with Crippen molar-refractivity contribution >= 4 is 15.8 Å². The molecule has 1 aliphatic carbocycles. The van der Waals surface area contributed by atoms with Crippen molar-refractivity contribution in [1.29, 1.82) is 0 Å². The lowest BCUT2D eigenvalue weighted by atomic mass is 10.2. The highest BCUT2D eigenvalue weighted by atomic mass is 32.2. The van der Waals surface area contributed by atoms with Gasteiger partial charge in [0.1, 0.15) is 16.3 Å². The number of aryl methyl sites for hydroxylation is 1. The van der Waals surface area contributed by atoms with Crippen LogP contribution in [0.5, 0.6) is 0 Å². The van der Waals surface area contributed by atoms with E-state index in [4.69, 9.17) is 4.52 Å². The second-order valence-electron chi connectivity index (χ2n) is 6.55. The summed E-state index contributed by atoms with van der Waals surface area (Å²) < 4.78 is 35.2. The number of benzene rings is 1. The SMILES string of the molecule is Cc1cc(NS(=O)(=O)c2cn(C3CCCC3)nc2-c2ccccc2)no1. The quantitative estimate of drug-likeness (QED) is 0.736. The number of nitrogens with one attached hydrogen (secondary N) is 1. The Morgan fingerprint density at radius 2 is 1.92 bits per heavy atom. The maximum absolute atomic E-state index is 13.0. The fourth-order valence-electron chi connectivity index (χ4n) is 3.33. The van der Waals surface area contributed by atoms with Gasteiger partial charge in [-0.1, -0.05) is 48.3 Å². The van der Waals surface area contributed by atoms with Gasteiger partial charge in [0.15, 0.2) is 5.82 Å². The summed E-state index contributed by atoms with van der Waals surface area (Å²) in [5.74, 6) is 0.697. The second-order valence-corrected chi connectivity index (χ2v) is 8.21. The fraction of sp³-hybridized carbons (Fsp3) is 0.333. The molecule has 0 aliphatic heterocycles. The van der Waals surface area contributed by atoms with Crippen molar-refractivity contribution in [2.45, 2.75) is 43.5 Å². The molecule has 0 radical (unpaired) electrons.